The first-order chi connectivity index (χ1) is 7.45. The van der Waals surface area contributed by atoms with Crippen LogP contribution in [0.25, 0.3) is 0 Å². The van der Waals surface area contributed by atoms with Crippen molar-refractivity contribution in [1.29, 1.82) is 0 Å². The first-order valence-corrected chi connectivity index (χ1v) is 8.34. The van der Waals surface area contributed by atoms with Gasteiger partial charge in [-0.3, -0.25) is 0 Å². The van der Waals surface area contributed by atoms with Crippen LogP contribution in [0.4, 0.5) is 0 Å². The van der Waals surface area contributed by atoms with Crippen LogP contribution in [0.15, 0.2) is 48.8 Å². The van der Waals surface area contributed by atoms with Gasteiger partial charge in [-0.05, 0) is 0 Å². The second kappa shape index (κ2) is 5.95. The summed E-state index contributed by atoms with van der Waals surface area (Å²) < 4.78 is 4.64. The first-order valence-electron chi connectivity index (χ1n) is 5.04. The van der Waals surface area contributed by atoms with E-state index in [2.05, 4.69) is 35.4 Å². The molecule has 0 aliphatic rings. The fourth-order valence-electron chi connectivity index (χ4n) is 1.36. The molecule has 2 rings (SSSR count). The maximum absolute atomic E-state index is 4.20. The topological polar surface area (TPSA) is 17.8 Å². The molecule has 1 heterocycles. The fourth-order valence-corrected chi connectivity index (χ4v) is 3.89. The molecule has 2 aromatic rings. The summed E-state index contributed by atoms with van der Waals surface area (Å²) in [4.78, 5) is 0. The molecule has 0 spiro atoms. The molecule has 0 fully saturated rings. The number of nitrogens with zero attached hydrogens (tertiary/aromatic N) is 2. The molecule has 0 bridgehead atoms. The Labute approximate surface area is 100 Å². The fraction of sp³-hybridized carbons (Fsp3) is 0.250. The van der Waals surface area contributed by atoms with Gasteiger partial charge in [0, 0.05) is 0 Å². The van der Waals surface area contributed by atoms with Gasteiger partial charge in [0.25, 0.3) is 0 Å². The SMILES string of the molecule is c1ccc(C[Te]CCn2cccn2)cc1. The van der Waals surface area contributed by atoms with Gasteiger partial charge in [-0.1, -0.05) is 0 Å². The van der Waals surface area contributed by atoms with E-state index in [4.69, 9.17) is 0 Å². The number of aromatic nitrogens is 2. The van der Waals surface area contributed by atoms with Crippen molar-refractivity contribution in [1.82, 2.24) is 9.78 Å². The van der Waals surface area contributed by atoms with Gasteiger partial charge in [0.1, 0.15) is 0 Å². The van der Waals surface area contributed by atoms with Crippen molar-refractivity contribution in [2.75, 3.05) is 0 Å². The van der Waals surface area contributed by atoms with Gasteiger partial charge in [0.15, 0.2) is 0 Å². The van der Waals surface area contributed by atoms with Crippen LogP contribution in [0.3, 0.4) is 0 Å². The number of hydrogen-bond acceptors (Lipinski definition) is 1. The summed E-state index contributed by atoms with van der Waals surface area (Å²) in [6.07, 6.45) is 3.88. The number of aryl methyl sites for hydroxylation is 1. The van der Waals surface area contributed by atoms with Crippen LogP contribution in [-0.4, -0.2) is 30.7 Å². The summed E-state index contributed by atoms with van der Waals surface area (Å²) in [7, 11) is 0. The molecule has 0 amide bonds. The van der Waals surface area contributed by atoms with Gasteiger partial charge >= 0.3 is 101 Å². The molecular formula is C12H14N2Te. The van der Waals surface area contributed by atoms with E-state index in [9.17, 15) is 0 Å². The standard InChI is InChI=1S/C12H14N2Te/c1-2-5-12(6-3-1)11-15-10-9-14-8-4-7-13-14/h1-8H,9-11H2. The summed E-state index contributed by atoms with van der Waals surface area (Å²) >= 11 is 0.106. The molecule has 2 nitrogen and oxygen atoms in total. The zero-order valence-electron chi connectivity index (χ0n) is 8.54. The first kappa shape index (κ1) is 10.7. The van der Waals surface area contributed by atoms with Gasteiger partial charge in [-0.15, -0.1) is 0 Å². The van der Waals surface area contributed by atoms with Crippen LogP contribution >= 0.6 is 0 Å². The Morgan fingerprint density at radius 1 is 1.13 bits per heavy atom. The van der Waals surface area contributed by atoms with Gasteiger partial charge < -0.3 is 0 Å². The predicted octanol–water partition coefficient (Wildman–Crippen LogP) is 2.21. The molecule has 15 heavy (non-hydrogen) atoms. The van der Waals surface area contributed by atoms with E-state index in [-0.39, 0.29) is 20.9 Å². The third kappa shape index (κ3) is 3.70. The molecule has 1 aromatic heterocycles. The van der Waals surface area contributed by atoms with E-state index in [1.807, 2.05) is 23.1 Å². The summed E-state index contributed by atoms with van der Waals surface area (Å²) in [5.41, 5.74) is 1.49. The molecule has 3 heteroatoms. The molecule has 0 saturated heterocycles. The number of rotatable bonds is 5. The summed E-state index contributed by atoms with van der Waals surface area (Å²) in [6.45, 7) is 1.09. The second-order valence-electron chi connectivity index (χ2n) is 3.31. The van der Waals surface area contributed by atoms with Gasteiger partial charge in [-0.2, -0.15) is 0 Å². The van der Waals surface area contributed by atoms with Crippen molar-refractivity contribution in [3.8, 4) is 0 Å². The average Bonchev–Trinajstić information content (AvgIpc) is 2.79. The molecule has 78 valence electrons. The summed E-state index contributed by atoms with van der Waals surface area (Å²) in [6, 6.07) is 12.7. The zero-order chi connectivity index (χ0) is 10.3. The Kier molecular flexibility index (Phi) is 4.25. The molecule has 0 aliphatic heterocycles. The Balaban J connectivity index is 1.68. The molecule has 1 aromatic carbocycles. The average molecular weight is 314 g/mol. The van der Waals surface area contributed by atoms with Gasteiger partial charge in [-0.25, -0.2) is 0 Å². The van der Waals surface area contributed by atoms with Gasteiger partial charge in [0.05, 0.1) is 0 Å². The Hall–Kier alpha value is -0.780. The summed E-state index contributed by atoms with van der Waals surface area (Å²) in [5.74, 6) is 0. The predicted molar refractivity (Wildman–Crippen MR) is 62.9 cm³/mol. The Morgan fingerprint density at radius 3 is 2.73 bits per heavy atom. The number of benzene rings is 1. The Bertz CT molecular complexity index is 370. The van der Waals surface area contributed by atoms with Crippen molar-refractivity contribution in [3.63, 3.8) is 0 Å². The third-order valence-corrected chi connectivity index (χ3v) is 5.01. The molecule has 0 aliphatic carbocycles. The number of hydrogen-bond donors (Lipinski definition) is 0. The molecule has 0 unspecified atom stereocenters. The molecule has 0 N–H and O–H groups in total. The monoisotopic (exact) mass is 316 g/mol. The normalized spacial score (nSPS) is 10.4. The molecule has 0 saturated carbocycles. The molecular weight excluding hydrogens is 300 g/mol. The maximum atomic E-state index is 4.20. The van der Waals surface area contributed by atoms with Gasteiger partial charge in [0.2, 0.25) is 0 Å². The van der Waals surface area contributed by atoms with Crippen LogP contribution in [0.5, 0.6) is 0 Å². The minimum absolute atomic E-state index is 0.106. The van der Waals surface area contributed by atoms with Crippen LogP contribution in [0, 0.1) is 0 Å². The van der Waals surface area contributed by atoms with Crippen LogP contribution in [0.1, 0.15) is 5.56 Å². The van der Waals surface area contributed by atoms with Crippen molar-refractivity contribution in [3.05, 3.63) is 54.4 Å². The zero-order valence-corrected chi connectivity index (χ0v) is 10.9. The van der Waals surface area contributed by atoms with Crippen molar-refractivity contribution in [2.45, 2.75) is 15.5 Å². The van der Waals surface area contributed by atoms with Crippen molar-refractivity contribution >= 4 is 20.9 Å². The van der Waals surface area contributed by atoms with Crippen molar-refractivity contribution in [2.24, 2.45) is 0 Å². The van der Waals surface area contributed by atoms with E-state index >= 15 is 0 Å². The molecule has 0 radical (unpaired) electrons. The molecule has 0 atom stereocenters. The van der Waals surface area contributed by atoms with Crippen LogP contribution in [-0.2, 0) is 11.0 Å². The quantitative estimate of drug-likeness (QED) is 0.611. The second-order valence-corrected chi connectivity index (χ2v) is 6.46. The summed E-state index contributed by atoms with van der Waals surface area (Å²) in [5, 5.41) is 4.20. The van der Waals surface area contributed by atoms with E-state index in [1.165, 1.54) is 14.5 Å². The Morgan fingerprint density at radius 2 is 2.00 bits per heavy atom. The van der Waals surface area contributed by atoms with Crippen LogP contribution in [0.2, 0.25) is 4.47 Å². The van der Waals surface area contributed by atoms with E-state index in [0.29, 0.717) is 0 Å². The minimum atomic E-state index is 0.106. The van der Waals surface area contributed by atoms with E-state index in [0.717, 1.165) is 6.54 Å². The van der Waals surface area contributed by atoms with Crippen molar-refractivity contribution < 1.29 is 0 Å². The van der Waals surface area contributed by atoms with E-state index in [1.54, 1.807) is 0 Å². The third-order valence-electron chi connectivity index (χ3n) is 2.14. The van der Waals surface area contributed by atoms with E-state index < -0.39 is 0 Å². The van der Waals surface area contributed by atoms with Crippen LogP contribution < -0.4 is 0 Å².